The average Bonchev–Trinajstić information content (AvgIpc) is 2.50. The molecule has 0 atom stereocenters. The fourth-order valence-corrected chi connectivity index (χ4v) is 2.24. The lowest BCUT2D eigenvalue weighted by Crippen LogP contribution is -2.18. The number of halogens is 2. The second kappa shape index (κ2) is 6.72. The molecule has 0 aromatic heterocycles. The van der Waals surface area contributed by atoms with Crippen molar-refractivity contribution in [3.05, 3.63) is 68.5 Å². The van der Waals surface area contributed by atoms with Gasteiger partial charge in [-0.05, 0) is 35.4 Å². The summed E-state index contributed by atoms with van der Waals surface area (Å²) in [6, 6.07) is 8.78. The van der Waals surface area contributed by atoms with E-state index in [1.807, 2.05) is 0 Å². The van der Waals surface area contributed by atoms with Crippen LogP contribution in [0.15, 0.2) is 36.4 Å². The van der Waals surface area contributed by atoms with E-state index in [9.17, 15) is 19.6 Å². The molecule has 2 aromatic carbocycles. The van der Waals surface area contributed by atoms with E-state index in [1.54, 1.807) is 24.1 Å². The first kappa shape index (κ1) is 16.2. The number of aliphatic hydroxyl groups is 1. The van der Waals surface area contributed by atoms with Crippen molar-refractivity contribution in [3.63, 3.8) is 0 Å². The van der Waals surface area contributed by atoms with Crippen LogP contribution in [0.2, 0.25) is 5.02 Å². The van der Waals surface area contributed by atoms with E-state index in [-0.39, 0.29) is 23.9 Å². The van der Waals surface area contributed by atoms with Crippen LogP contribution in [-0.2, 0) is 13.2 Å². The third-order valence-electron chi connectivity index (χ3n) is 3.23. The van der Waals surface area contributed by atoms with E-state index in [1.165, 1.54) is 24.3 Å². The lowest BCUT2D eigenvalue weighted by atomic mass is 10.1. The summed E-state index contributed by atoms with van der Waals surface area (Å²) in [7, 11) is 1.66. The predicted octanol–water partition coefficient (Wildman–Crippen LogP) is 3.52. The van der Waals surface area contributed by atoms with E-state index in [4.69, 9.17) is 11.6 Å². The van der Waals surface area contributed by atoms with Crippen molar-refractivity contribution in [2.75, 3.05) is 11.9 Å². The zero-order chi connectivity index (χ0) is 16.3. The Morgan fingerprint density at radius 2 is 1.95 bits per heavy atom. The van der Waals surface area contributed by atoms with E-state index < -0.39 is 10.7 Å². The van der Waals surface area contributed by atoms with Crippen LogP contribution in [0.5, 0.6) is 0 Å². The van der Waals surface area contributed by atoms with Gasteiger partial charge in [0.15, 0.2) is 0 Å². The van der Waals surface area contributed by atoms with Gasteiger partial charge in [0.25, 0.3) is 5.69 Å². The highest BCUT2D eigenvalue weighted by Crippen LogP contribution is 2.30. The lowest BCUT2D eigenvalue weighted by Gasteiger charge is -2.20. The largest absolute Gasteiger partial charge is 0.392 e. The van der Waals surface area contributed by atoms with Gasteiger partial charge in [0, 0.05) is 19.7 Å². The van der Waals surface area contributed by atoms with E-state index in [0.29, 0.717) is 16.8 Å². The third kappa shape index (κ3) is 3.52. The first-order chi connectivity index (χ1) is 10.4. The van der Waals surface area contributed by atoms with Gasteiger partial charge >= 0.3 is 0 Å². The minimum atomic E-state index is -0.536. The van der Waals surface area contributed by atoms with Crippen LogP contribution in [0, 0.1) is 15.9 Å². The molecule has 1 N–H and O–H groups in total. The van der Waals surface area contributed by atoms with E-state index in [0.717, 1.165) is 0 Å². The Labute approximate surface area is 131 Å². The summed E-state index contributed by atoms with van der Waals surface area (Å²) in [5, 5.41) is 20.3. The Kier molecular flexibility index (Phi) is 4.95. The van der Waals surface area contributed by atoms with Gasteiger partial charge in [-0.2, -0.15) is 0 Å². The summed E-state index contributed by atoms with van der Waals surface area (Å²) in [6.07, 6.45) is 0. The van der Waals surface area contributed by atoms with Crippen molar-refractivity contribution in [2.24, 2.45) is 0 Å². The van der Waals surface area contributed by atoms with Gasteiger partial charge in [-0.3, -0.25) is 10.1 Å². The molecule has 0 unspecified atom stereocenters. The Morgan fingerprint density at radius 1 is 1.27 bits per heavy atom. The van der Waals surface area contributed by atoms with Crippen LogP contribution in [0.1, 0.15) is 11.1 Å². The molecule has 0 saturated heterocycles. The van der Waals surface area contributed by atoms with E-state index >= 15 is 0 Å². The normalized spacial score (nSPS) is 10.5. The van der Waals surface area contributed by atoms with Gasteiger partial charge in [0.1, 0.15) is 11.5 Å². The SMILES string of the molecule is CN(Cc1ccc(Cl)c(F)c1)c1cc(CO)ccc1[N+](=O)[O-]. The first-order valence-corrected chi connectivity index (χ1v) is 6.83. The minimum absolute atomic E-state index is 0.0275. The predicted molar refractivity (Wildman–Crippen MR) is 82.5 cm³/mol. The minimum Gasteiger partial charge on any atom is -0.392 e. The molecule has 116 valence electrons. The molecule has 2 rings (SSSR count). The maximum atomic E-state index is 13.5. The molecule has 0 radical (unpaired) electrons. The summed E-state index contributed by atoms with van der Waals surface area (Å²) < 4.78 is 13.5. The van der Waals surface area contributed by atoms with Gasteiger partial charge < -0.3 is 10.0 Å². The number of rotatable bonds is 5. The Morgan fingerprint density at radius 3 is 2.55 bits per heavy atom. The van der Waals surface area contributed by atoms with E-state index in [2.05, 4.69) is 0 Å². The molecule has 0 saturated carbocycles. The standard InChI is InChI=1S/C15H14ClFN2O3/c1-18(8-10-2-4-12(16)13(17)6-10)15-7-11(9-20)3-5-14(15)19(21)22/h2-7,20H,8-9H2,1H3. The lowest BCUT2D eigenvalue weighted by molar-refractivity contribution is -0.384. The third-order valence-corrected chi connectivity index (χ3v) is 3.54. The van der Waals surface area contributed by atoms with Crippen LogP contribution in [-0.4, -0.2) is 17.1 Å². The topological polar surface area (TPSA) is 66.6 Å². The molecule has 22 heavy (non-hydrogen) atoms. The number of nitro groups is 1. The van der Waals surface area contributed by atoms with Crippen LogP contribution in [0.3, 0.4) is 0 Å². The molecule has 0 aliphatic heterocycles. The molecule has 2 aromatic rings. The van der Waals surface area contributed by atoms with Crippen molar-refractivity contribution in [3.8, 4) is 0 Å². The smallest absolute Gasteiger partial charge is 0.292 e. The Bertz CT molecular complexity index is 709. The summed E-state index contributed by atoms with van der Waals surface area (Å²) in [5.74, 6) is -0.536. The molecule has 0 amide bonds. The number of benzene rings is 2. The van der Waals surface area contributed by atoms with Crippen molar-refractivity contribution in [1.82, 2.24) is 0 Å². The zero-order valence-electron chi connectivity index (χ0n) is 11.8. The molecule has 0 spiro atoms. The average molecular weight is 325 g/mol. The van der Waals surface area contributed by atoms with Crippen LogP contribution in [0.25, 0.3) is 0 Å². The maximum Gasteiger partial charge on any atom is 0.292 e. The van der Waals surface area contributed by atoms with Crippen molar-refractivity contribution in [1.29, 1.82) is 0 Å². The first-order valence-electron chi connectivity index (χ1n) is 6.45. The number of anilines is 1. The quantitative estimate of drug-likeness (QED) is 0.675. The molecule has 5 nitrogen and oxygen atoms in total. The summed E-state index contributed by atoms with van der Waals surface area (Å²) in [4.78, 5) is 12.3. The van der Waals surface area contributed by atoms with Crippen LogP contribution >= 0.6 is 11.6 Å². The van der Waals surface area contributed by atoms with Gasteiger partial charge in [-0.15, -0.1) is 0 Å². The summed E-state index contributed by atoms with van der Waals surface area (Å²) >= 11 is 5.63. The van der Waals surface area contributed by atoms with Crippen LogP contribution < -0.4 is 4.90 Å². The number of hydrogen-bond donors (Lipinski definition) is 1. The molecular weight excluding hydrogens is 311 g/mol. The number of hydrogen-bond acceptors (Lipinski definition) is 4. The molecule has 0 fully saturated rings. The van der Waals surface area contributed by atoms with Crippen LogP contribution in [0.4, 0.5) is 15.8 Å². The maximum absolute atomic E-state index is 13.5. The second-order valence-corrected chi connectivity index (χ2v) is 5.25. The molecular formula is C15H14ClFN2O3. The highest BCUT2D eigenvalue weighted by atomic mass is 35.5. The van der Waals surface area contributed by atoms with Crippen molar-refractivity contribution < 1.29 is 14.4 Å². The monoisotopic (exact) mass is 324 g/mol. The Hall–Kier alpha value is -2.18. The number of nitrogens with zero attached hydrogens (tertiary/aromatic N) is 2. The summed E-state index contributed by atoms with van der Waals surface area (Å²) in [5.41, 5.74) is 1.48. The molecule has 0 heterocycles. The van der Waals surface area contributed by atoms with Gasteiger partial charge in [-0.1, -0.05) is 17.7 Å². The van der Waals surface area contributed by atoms with Gasteiger partial charge in [0.2, 0.25) is 0 Å². The molecule has 0 aliphatic rings. The second-order valence-electron chi connectivity index (χ2n) is 4.84. The van der Waals surface area contributed by atoms with Gasteiger partial charge in [-0.25, -0.2) is 4.39 Å². The molecule has 0 aliphatic carbocycles. The summed E-state index contributed by atoms with van der Waals surface area (Å²) in [6.45, 7) is 0.0538. The zero-order valence-corrected chi connectivity index (χ0v) is 12.5. The van der Waals surface area contributed by atoms with Crippen molar-refractivity contribution >= 4 is 23.0 Å². The fourth-order valence-electron chi connectivity index (χ4n) is 2.12. The highest BCUT2D eigenvalue weighted by Gasteiger charge is 2.18. The highest BCUT2D eigenvalue weighted by molar-refractivity contribution is 6.30. The molecule has 0 bridgehead atoms. The molecule has 7 heteroatoms. The number of nitro benzene ring substituents is 1. The fraction of sp³-hybridized carbons (Fsp3) is 0.200. The van der Waals surface area contributed by atoms with Gasteiger partial charge in [0.05, 0.1) is 16.6 Å². The number of aliphatic hydroxyl groups excluding tert-OH is 1. The van der Waals surface area contributed by atoms with Crippen molar-refractivity contribution in [2.45, 2.75) is 13.2 Å². The Balaban J connectivity index is 2.33.